The molecule has 1 N–H and O–H groups in total. The second-order valence-electron chi connectivity index (χ2n) is 7.79. The third-order valence-electron chi connectivity index (χ3n) is 5.62. The zero-order valence-electron chi connectivity index (χ0n) is 18.1. The second kappa shape index (κ2) is 9.30. The van der Waals surface area contributed by atoms with Gasteiger partial charge >= 0.3 is 6.01 Å². The van der Waals surface area contributed by atoms with Crippen LogP contribution in [0.2, 0.25) is 0 Å². The summed E-state index contributed by atoms with van der Waals surface area (Å²) in [6.07, 6.45) is 1.51. The average Bonchev–Trinajstić information content (AvgIpc) is 3.27. The molecule has 1 amide bonds. The first-order chi connectivity index (χ1) is 16.6. The van der Waals surface area contributed by atoms with Crippen molar-refractivity contribution in [3.63, 3.8) is 0 Å². The van der Waals surface area contributed by atoms with E-state index in [1.54, 1.807) is 48.5 Å². The lowest BCUT2D eigenvalue weighted by Crippen LogP contribution is -2.47. The van der Waals surface area contributed by atoms with E-state index in [1.807, 2.05) is 17.0 Å². The van der Waals surface area contributed by atoms with Crippen LogP contribution in [0.3, 0.4) is 0 Å². The first kappa shape index (κ1) is 21.6. The number of hydrogen-bond donors (Lipinski definition) is 1. The molecule has 2 aromatic carbocycles. The van der Waals surface area contributed by atoms with E-state index in [0.29, 0.717) is 43.1 Å². The molecule has 172 valence electrons. The molecule has 0 spiro atoms. The monoisotopic (exact) mass is 461 g/mol. The molecule has 2 aromatic heterocycles. The van der Waals surface area contributed by atoms with Crippen LogP contribution < -0.4 is 15.1 Å². The molecule has 3 heterocycles. The molecule has 0 aliphatic carbocycles. The Labute approximate surface area is 194 Å². The minimum absolute atomic E-state index is 0.0336. The number of benzene rings is 2. The van der Waals surface area contributed by atoms with E-state index >= 15 is 0 Å². The number of anilines is 3. The molecule has 0 radical (unpaired) electrons. The maximum atomic E-state index is 14.2. The Morgan fingerprint density at radius 1 is 0.882 bits per heavy atom. The Kier molecular flexibility index (Phi) is 5.90. The van der Waals surface area contributed by atoms with Crippen LogP contribution in [0.25, 0.3) is 11.5 Å². The fourth-order valence-corrected chi connectivity index (χ4v) is 3.87. The van der Waals surface area contributed by atoms with E-state index in [2.05, 4.69) is 20.2 Å². The summed E-state index contributed by atoms with van der Waals surface area (Å²) >= 11 is 0. The molecule has 1 fully saturated rings. The highest BCUT2D eigenvalue weighted by atomic mass is 19.1. The van der Waals surface area contributed by atoms with Gasteiger partial charge < -0.3 is 19.5 Å². The van der Waals surface area contributed by atoms with Gasteiger partial charge in [0.05, 0.1) is 17.6 Å². The molecule has 34 heavy (non-hydrogen) atoms. The molecule has 1 aliphatic rings. The first-order valence-electron chi connectivity index (χ1n) is 10.8. The molecule has 1 saturated heterocycles. The fraction of sp³-hybridized carbons (Fsp3) is 0.160. The third-order valence-corrected chi connectivity index (χ3v) is 5.62. The normalized spacial score (nSPS) is 13.7. The van der Waals surface area contributed by atoms with Crippen molar-refractivity contribution in [1.29, 1.82) is 0 Å². The summed E-state index contributed by atoms with van der Waals surface area (Å²) in [5.41, 5.74) is 1.15. The zero-order valence-corrected chi connectivity index (χ0v) is 18.1. The highest BCUT2D eigenvalue weighted by Gasteiger charge is 2.22. The predicted molar refractivity (Wildman–Crippen MR) is 125 cm³/mol. The number of carbonyl (C=O) groups excluding carboxylic acids is 1. The third kappa shape index (κ3) is 4.45. The molecular weight excluding hydrogens is 440 g/mol. The Balaban J connectivity index is 1.21. The van der Waals surface area contributed by atoms with Crippen molar-refractivity contribution in [3.05, 3.63) is 90.5 Å². The fourth-order valence-electron chi connectivity index (χ4n) is 3.87. The highest BCUT2D eigenvalue weighted by Crippen LogP contribution is 2.24. The molecule has 7 nitrogen and oxygen atoms in total. The molecule has 0 bridgehead atoms. The van der Waals surface area contributed by atoms with Crippen molar-refractivity contribution in [2.24, 2.45) is 0 Å². The van der Waals surface area contributed by atoms with E-state index < -0.39 is 17.6 Å². The number of oxazole rings is 1. The van der Waals surface area contributed by atoms with Crippen LogP contribution in [0.5, 0.6) is 0 Å². The number of nitrogens with one attached hydrogen (secondary N) is 1. The molecule has 0 atom stereocenters. The van der Waals surface area contributed by atoms with Gasteiger partial charge in [-0.25, -0.2) is 14.4 Å². The van der Waals surface area contributed by atoms with Gasteiger partial charge in [0.25, 0.3) is 5.91 Å². The average molecular weight is 461 g/mol. The number of carbonyl (C=O) groups is 1. The number of halogens is 2. The van der Waals surface area contributed by atoms with Gasteiger partial charge in [0, 0.05) is 31.7 Å². The van der Waals surface area contributed by atoms with Gasteiger partial charge in [0.15, 0.2) is 0 Å². The van der Waals surface area contributed by atoms with E-state index in [9.17, 15) is 13.6 Å². The van der Waals surface area contributed by atoms with Crippen molar-refractivity contribution in [1.82, 2.24) is 9.97 Å². The minimum Gasteiger partial charge on any atom is -0.410 e. The summed E-state index contributed by atoms with van der Waals surface area (Å²) in [7, 11) is 0. The van der Waals surface area contributed by atoms with Crippen molar-refractivity contribution in [3.8, 4) is 11.5 Å². The Morgan fingerprint density at radius 3 is 2.29 bits per heavy atom. The van der Waals surface area contributed by atoms with Crippen molar-refractivity contribution in [2.45, 2.75) is 0 Å². The van der Waals surface area contributed by atoms with Crippen molar-refractivity contribution < 1.29 is 18.0 Å². The van der Waals surface area contributed by atoms with Gasteiger partial charge in [-0.2, -0.15) is 4.39 Å². The molecule has 1 aliphatic heterocycles. The molecule has 0 saturated carbocycles. The zero-order chi connectivity index (χ0) is 23.5. The lowest BCUT2D eigenvalue weighted by molar-refractivity contribution is 0.101. The van der Waals surface area contributed by atoms with Crippen LogP contribution in [-0.2, 0) is 0 Å². The molecule has 5 rings (SSSR count). The predicted octanol–water partition coefficient (Wildman–Crippen LogP) is 4.59. The van der Waals surface area contributed by atoms with Gasteiger partial charge in [0.1, 0.15) is 11.6 Å². The largest absolute Gasteiger partial charge is 0.410 e. The summed E-state index contributed by atoms with van der Waals surface area (Å²) < 4.78 is 33.3. The van der Waals surface area contributed by atoms with E-state index in [1.165, 1.54) is 12.3 Å². The van der Waals surface area contributed by atoms with Crippen molar-refractivity contribution in [2.75, 3.05) is 41.3 Å². The Bertz CT molecular complexity index is 1290. The molecule has 9 heteroatoms. The van der Waals surface area contributed by atoms with Gasteiger partial charge in [-0.1, -0.05) is 30.3 Å². The SMILES string of the molecule is O=C(Nc1ccc(N2CCN(c3ccccc3F)CC2)nc1)c1nc(-c2ccccc2)oc1F. The number of para-hydroxylation sites is 1. The van der Waals surface area contributed by atoms with Crippen molar-refractivity contribution >= 4 is 23.1 Å². The van der Waals surface area contributed by atoms with E-state index in [-0.39, 0.29) is 11.7 Å². The lowest BCUT2D eigenvalue weighted by atomic mass is 10.2. The number of hydrogen-bond acceptors (Lipinski definition) is 6. The van der Waals surface area contributed by atoms with Crippen LogP contribution in [0.15, 0.2) is 77.3 Å². The number of amides is 1. The summed E-state index contributed by atoms with van der Waals surface area (Å²) in [5, 5.41) is 2.60. The maximum absolute atomic E-state index is 14.2. The molecular formula is C25H21F2N5O2. The molecule has 0 unspecified atom stereocenters. The first-order valence-corrected chi connectivity index (χ1v) is 10.8. The van der Waals surface area contributed by atoms with Crippen LogP contribution in [0.4, 0.5) is 26.0 Å². The van der Waals surface area contributed by atoms with Crippen LogP contribution in [-0.4, -0.2) is 42.1 Å². The summed E-state index contributed by atoms with van der Waals surface area (Å²) in [5.74, 6) is -0.179. The van der Waals surface area contributed by atoms with Crippen LogP contribution in [0.1, 0.15) is 10.5 Å². The highest BCUT2D eigenvalue weighted by molar-refractivity contribution is 6.03. The standard InChI is InChI=1S/C25H21F2N5O2/c26-19-8-4-5-9-20(19)31-12-14-32(15-13-31)21-11-10-18(16-28-21)29-24(33)22-23(27)34-25(30-22)17-6-2-1-3-7-17/h1-11,16H,12-15H2,(H,29,33). The smallest absolute Gasteiger partial charge is 0.311 e. The van der Waals surface area contributed by atoms with Gasteiger partial charge in [-0.05, 0) is 36.4 Å². The van der Waals surface area contributed by atoms with Gasteiger partial charge in [0.2, 0.25) is 11.6 Å². The second-order valence-corrected chi connectivity index (χ2v) is 7.79. The summed E-state index contributed by atoms with van der Waals surface area (Å²) in [4.78, 5) is 25.0. The Morgan fingerprint density at radius 2 is 1.59 bits per heavy atom. The van der Waals surface area contributed by atoms with Gasteiger partial charge in [-0.3, -0.25) is 4.79 Å². The quantitative estimate of drug-likeness (QED) is 0.469. The van der Waals surface area contributed by atoms with Crippen LogP contribution in [0, 0.1) is 11.8 Å². The van der Waals surface area contributed by atoms with E-state index in [0.717, 1.165) is 5.82 Å². The van der Waals surface area contributed by atoms with Gasteiger partial charge in [-0.15, -0.1) is 0 Å². The lowest BCUT2D eigenvalue weighted by Gasteiger charge is -2.36. The number of nitrogens with zero attached hydrogens (tertiary/aromatic N) is 4. The summed E-state index contributed by atoms with van der Waals surface area (Å²) in [6.45, 7) is 2.69. The number of piperazine rings is 1. The topological polar surface area (TPSA) is 74.5 Å². The number of pyridine rings is 1. The minimum atomic E-state index is -1.05. The maximum Gasteiger partial charge on any atom is 0.311 e. The molecule has 4 aromatic rings. The van der Waals surface area contributed by atoms with E-state index in [4.69, 9.17) is 4.42 Å². The Hall–Kier alpha value is -4.27. The number of aromatic nitrogens is 2. The van der Waals surface area contributed by atoms with Crippen LogP contribution >= 0.6 is 0 Å². The summed E-state index contributed by atoms with van der Waals surface area (Å²) in [6, 6.07) is 18.0. The number of rotatable bonds is 5.